The number of halogens is 1. The highest BCUT2D eigenvalue weighted by Crippen LogP contribution is 2.26. The summed E-state index contributed by atoms with van der Waals surface area (Å²) in [5.41, 5.74) is 11.4. The topological polar surface area (TPSA) is 43.8 Å². The van der Waals surface area contributed by atoms with Gasteiger partial charge in [0.15, 0.2) is 0 Å². The first-order chi connectivity index (χ1) is 10.0. The second-order valence-electron chi connectivity index (χ2n) is 5.23. The van der Waals surface area contributed by atoms with Crippen molar-refractivity contribution in [2.45, 2.75) is 13.8 Å². The second-order valence-corrected chi connectivity index (χ2v) is 5.23. The molecule has 1 aromatic heterocycles. The molecule has 0 amide bonds. The molecular formula is C17H16FN3. The van der Waals surface area contributed by atoms with Crippen molar-refractivity contribution in [1.82, 2.24) is 9.78 Å². The van der Waals surface area contributed by atoms with Crippen molar-refractivity contribution < 1.29 is 4.39 Å². The van der Waals surface area contributed by atoms with E-state index in [9.17, 15) is 4.39 Å². The molecule has 0 radical (unpaired) electrons. The van der Waals surface area contributed by atoms with E-state index in [4.69, 9.17) is 5.73 Å². The van der Waals surface area contributed by atoms with Crippen molar-refractivity contribution in [2.75, 3.05) is 5.73 Å². The van der Waals surface area contributed by atoms with Gasteiger partial charge in [-0.3, -0.25) is 0 Å². The molecule has 0 fully saturated rings. The van der Waals surface area contributed by atoms with Crippen molar-refractivity contribution in [2.24, 2.45) is 0 Å². The number of nitrogens with zero attached hydrogens (tertiary/aromatic N) is 2. The number of anilines is 1. The van der Waals surface area contributed by atoms with Gasteiger partial charge in [-0.25, -0.2) is 9.07 Å². The molecule has 21 heavy (non-hydrogen) atoms. The van der Waals surface area contributed by atoms with Gasteiger partial charge in [0.1, 0.15) is 11.5 Å². The molecule has 0 aliphatic rings. The largest absolute Gasteiger partial charge is 0.396 e. The molecule has 0 spiro atoms. The summed E-state index contributed by atoms with van der Waals surface area (Å²) in [6, 6.07) is 12.4. The molecule has 0 saturated heterocycles. The van der Waals surface area contributed by atoms with Gasteiger partial charge in [0.25, 0.3) is 0 Å². The lowest BCUT2D eigenvalue weighted by atomic mass is 10.1. The van der Waals surface area contributed by atoms with Crippen LogP contribution in [0.5, 0.6) is 0 Å². The van der Waals surface area contributed by atoms with E-state index < -0.39 is 0 Å². The normalized spacial score (nSPS) is 10.8. The third-order valence-electron chi connectivity index (χ3n) is 3.33. The van der Waals surface area contributed by atoms with Gasteiger partial charge in [-0.2, -0.15) is 5.10 Å². The minimum absolute atomic E-state index is 0.272. The van der Waals surface area contributed by atoms with Crippen LogP contribution >= 0.6 is 0 Å². The number of benzene rings is 2. The lowest BCUT2D eigenvalue weighted by Crippen LogP contribution is -1.96. The van der Waals surface area contributed by atoms with E-state index in [1.165, 1.54) is 23.3 Å². The van der Waals surface area contributed by atoms with Crippen molar-refractivity contribution in [1.29, 1.82) is 0 Å². The zero-order chi connectivity index (χ0) is 15.0. The van der Waals surface area contributed by atoms with Crippen LogP contribution in [0.15, 0.2) is 48.7 Å². The van der Waals surface area contributed by atoms with Crippen molar-refractivity contribution in [3.63, 3.8) is 0 Å². The zero-order valence-corrected chi connectivity index (χ0v) is 12.0. The van der Waals surface area contributed by atoms with E-state index in [0.29, 0.717) is 11.4 Å². The predicted molar refractivity (Wildman–Crippen MR) is 82.8 cm³/mol. The van der Waals surface area contributed by atoms with Crippen molar-refractivity contribution >= 4 is 5.69 Å². The molecule has 0 aliphatic heterocycles. The fourth-order valence-corrected chi connectivity index (χ4v) is 2.43. The summed E-state index contributed by atoms with van der Waals surface area (Å²) >= 11 is 0. The highest BCUT2D eigenvalue weighted by atomic mass is 19.1. The average molecular weight is 281 g/mol. The summed E-state index contributed by atoms with van der Waals surface area (Å²) in [5.74, 6) is -0.272. The molecule has 2 aromatic carbocycles. The number of hydrogen-bond acceptors (Lipinski definition) is 2. The van der Waals surface area contributed by atoms with Gasteiger partial charge in [-0.1, -0.05) is 6.07 Å². The Morgan fingerprint density at radius 1 is 1.00 bits per heavy atom. The van der Waals surface area contributed by atoms with Crippen LogP contribution in [0.1, 0.15) is 11.1 Å². The first-order valence-corrected chi connectivity index (χ1v) is 6.73. The summed E-state index contributed by atoms with van der Waals surface area (Å²) in [6.07, 6.45) is 1.78. The van der Waals surface area contributed by atoms with Crippen molar-refractivity contribution in [3.8, 4) is 16.9 Å². The van der Waals surface area contributed by atoms with Crippen molar-refractivity contribution in [3.05, 3.63) is 65.6 Å². The summed E-state index contributed by atoms with van der Waals surface area (Å²) in [5, 5.41) is 4.53. The zero-order valence-electron chi connectivity index (χ0n) is 12.0. The molecule has 0 saturated carbocycles. The summed E-state index contributed by atoms with van der Waals surface area (Å²) in [4.78, 5) is 0. The van der Waals surface area contributed by atoms with Gasteiger partial charge in [0.2, 0.25) is 0 Å². The Kier molecular flexibility index (Phi) is 3.22. The number of aromatic nitrogens is 2. The highest BCUT2D eigenvalue weighted by molar-refractivity contribution is 5.72. The third kappa shape index (κ3) is 2.65. The molecule has 0 unspecified atom stereocenters. The quantitative estimate of drug-likeness (QED) is 0.774. The molecule has 2 N–H and O–H groups in total. The molecule has 0 atom stereocenters. The van der Waals surface area contributed by atoms with Gasteiger partial charge < -0.3 is 5.73 Å². The monoisotopic (exact) mass is 281 g/mol. The maximum atomic E-state index is 13.0. The Hall–Kier alpha value is -2.62. The van der Waals surface area contributed by atoms with E-state index in [1.807, 2.05) is 26.0 Å². The minimum atomic E-state index is -0.272. The number of aryl methyl sites for hydroxylation is 2. The SMILES string of the molecule is Cc1cc(C)cc(-n2cc(N)c(-c3ccc(F)cc3)n2)c1. The number of nitrogen functional groups attached to an aromatic ring is 1. The molecule has 0 bridgehead atoms. The fraction of sp³-hybridized carbons (Fsp3) is 0.118. The summed E-state index contributed by atoms with van der Waals surface area (Å²) < 4.78 is 14.8. The Bertz CT molecular complexity index is 768. The summed E-state index contributed by atoms with van der Waals surface area (Å²) in [7, 11) is 0. The summed E-state index contributed by atoms with van der Waals surface area (Å²) in [6.45, 7) is 4.09. The van der Waals surface area contributed by atoms with Crippen LogP contribution in [0, 0.1) is 19.7 Å². The molecule has 3 rings (SSSR count). The maximum absolute atomic E-state index is 13.0. The third-order valence-corrected chi connectivity index (χ3v) is 3.33. The van der Waals surface area contributed by atoms with Gasteiger partial charge in [-0.15, -0.1) is 0 Å². The van der Waals surface area contributed by atoms with Gasteiger partial charge in [0, 0.05) is 5.56 Å². The average Bonchev–Trinajstić information content (AvgIpc) is 2.81. The van der Waals surface area contributed by atoms with Crippen LogP contribution in [-0.4, -0.2) is 9.78 Å². The van der Waals surface area contributed by atoms with E-state index in [-0.39, 0.29) is 5.82 Å². The molecule has 106 valence electrons. The highest BCUT2D eigenvalue weighted by Gasteiger charge is 2.10. The van der Waals surface area contributed by atoms with Crippen LogP contribution in [-0.2, 0) is 0 Å². The van der Waals surface area contributed by atoms with E-state index in [1.54, 1.807) is 23.0 Å². The number of hydrogen-bond donors (Lipinski definition) is 1. The van der Waals surface area contributed by atoms with Crippen LogP contribution in [0.25, 0.3) is 16.9 Å². The second kappa shape index (κ2) is 5.05. The smallest absolute Gasteiger partial charge is 0.123 e. The van der Waals surface area contributed by atoms with E-state index in [2.05, 4.69) is 11.2 Å². The maximum Gasteiger partial charge on any atom is 0.123 e. The molecular weight excluding hydrogens is 265 g/mol. The molecule has 4 heteroatoms. The Morgan fingerprint density at radius 2 is 1.62 bits per heavy atom. The van der Waals surface area contributed by atoms with Crippen LogP contribution in [0.3, 0.4) is 0 Å². The Morgan fingerprint density at radius 3 is 2.24 bits per heavy atom. The van der Waals surface area contributed by atoms with Gasteiger partial charge in [0.05, 0.1) is 17.6 Å². The predicted octanol–water partition coefficient (Wildman–Crippen LogP) is 3.88. The van der Waals surface area contributed by atoms with Crippen LogP contribution in [0.4, 0.5) is 10.1 Å². The van der Waals surface area contributed by atoms with Gasteiger partial charge in [-0.05, 0) is 61.4 Å². The first kappa shape index (κ1) is 13.4. The lowest BCUT2D eigenvalue weighted by molar-refractivity contribution is 0.628. The van der Waals surface area contributed by atoms with Crippen LogP contribution in [0.2, 0.25) is 0 Å². The molecule has 3 aromatic rings. The number of nitrogens with two attached hydrogens (primary N) is 1. The molecule has 3 nitrogen and oxygen atoms in total. The Balaban J connectivity index is 2.07. The Labute approximate surface area is 122 Å². The molecule has 1 heterocycles. The minimum Gasteiger partial charge on any atom is -0.396 e. The number of rotatable bonds is 2. The lowest BCUT2D eigenvalue weighted by Gasteiger charge is -2.04. The molecule has 0 aliphatic carbocycles. The standard InChI is InChI=1S/C17H16FN3/c1-11-7-12(2)9-15(8-11)21-10-16(19)17(20-21)13-3-5-14(18)6-4-13/h3-10H,19H2,1-2H3. The fourth-order valence-electron chi connectivity index (χ4n) is 2.43. The van der Waals surface area contributed by atoms with Crippen LogP contribution < -0.4 is 5.73 Å². The van der Waals surface area contributed by atoms with E-state index >= 15 is 0 Å². The first-order valence-electron chi connectivity index (χ1n) is 6.73. The van der Waals surface area contributed by atoms with E-state index in [0.717, 1.165) is 11.3 Å². The van der Waals surface area contributed by atoms with Gasteiger partial charge >= 0.3 is 0 Å².